The van der Waals surface area contributed by atoms with Gasteiger partial charge in [-0.25, -0.2) is 0 Å². The van der Waals surface area contributed by atoms with Gasteiger partial charge in [-0.3, -0.25) is 9.59 Å². The number of rotatable bonds is 6. The van der Waals surface area contributed by atoms with Crippen molar-refractivity contribution in [2.24, 2.45) is 5.73 Å². The largest absolute Gasteiger partial charge is 0.398 e. The van der Waals surface area contributed by atoms with Gasteiger partial charge in [0.15, 0.2) is 0 Å². The summed E-state index contributed by atoms with van der Waals surface area (Å²) in [7, 11) is 1.43. The highest BCUT2D eigenvalue weighted by Gasteiger charge is 2.22. The number of hydrogen-bond donors (Lipinski definition) is 2. The first kappa shape index (κ1) is 15.0. The van der Waals surface area contributed by atoms with E-state index in [-0.39, 0.29) is 19.0 Å². The van der Waals surface area contributed by atoms with E-state index in [1.54, 1.807) is 25.1 Å². The number of ether oxygens (including phenoxy) is 1. The molecular weight excluding hydrogens is 246 g/mol. The Labute approximate surface area is 112 Å². The Hall–Kier alpha value is -2.08. The molecular formula is C13H19N3O3. The van der Waals surface area contributed by atoms with Crippen molar-refractivity contribution in [3.05, 3.63) is 29.8 Å². The maximum Gasteiger partial charge on any atom is 0.252 e. The quantitative estimate of drug-likeness (QED) is 0.713. The molecule has 1 unspecified atom stereocenters. The summed E-state index contributed by atoms with van der Waals surface area (Å²) in [6.45, 7) is 1.67. The highest BCUT2D eigenvalue weighted by Crippen LogP contribution is 2.14. The van der Waals surface area contributed by atoms with E-state index in [0.29, 0.717) is 5.69 Å². The van der Waals surface area contributed by atoms with Gasteiger partial charge in [0.2, 0.25) is 5.91 Å². The maximum absolute atomic E-state index is 12.1. The topological polar surface area (TPSA) is 98.6 Å². The van der Waals surface area contributed by atoms with E-state index < -0.39 is 12.0 Å². The maximum atomic E-state index is 12.1. The zero-order valence-electron chi connectivity index (χ0n) is 11.1. The second-order valence-electron chi connectivity index (χ2n) is 4.24. The summed E-state index contributed by atoms with van der Waals surface area (Å²) < 4.78 is 4.97. The number of anilines is 1. The van der Waals surface area contributed by atoms with Crippen molar-refractivity contribution in [2.75, 3.05) is 19.4 Å². The zero-order valence-corrected chi connectivity index (χ0v) is 11.1. The lowest BCUT2D eigenvalue weighted by Crippen LogP contribution is -2.43. The Morgan fingerprint density at radius 1 is 1.37 bits per heavy atom. The highest BCUT2D eigenvalue weighted by atomic mass is 16.5. The molecule has 0 bridgehead atoms. The second kappa shape index (κ2) is 6.75. The van der Waals surface area contributed by atoms with Gasteiger partial charge in [0, 0.05) is 19.3 Å². The van der Waals surface area contributed by atoms with Crippen LogP contribution in [0.4, 0.5) is 5.69 Å². The van der Waals surface area contributed by atoms with E-state index in [4.69, 9.17) is 16.2 Å². The van der Waals surface area contributed by atoms with Gasteiger partial charge in [-0.15, -0.1) is 0 Å². The third kappa shape index (κ3) is 4.26. The standard InChI is InChI=1S/C13H19N3O3/c1-9(19-2)13(18)16(8-12(15)17)7-10-5-3-4-6-11(10)14/h3-6,9H,7-8,14H2,1-2H3,(H2,15,17). The number of amides is 2. The first-order chi connectivity index (χ1) is 8.95. The molecule has 1 rings (SSSR count). The Kier molecular flexibility index (Phi) is 5.32. The third-order valence-corrected chi connectivity index (χ3v) is 2.78. The smallest absolute Gasteiger partial charge is 0.252 e. The first-order valence-electron chi connectivity index (χ1n) is 5.89. The van der Waals surface area contributed by atoms with Gasteiger partial charge < -0.3 is 21.1 Å². The molecule has 0 saturated heterocycles. The van der Waals surface area contributed by atoms with Crippen LogP contribution in [0.2, 0.25) is 0 Å². The zero-order chi connectivity index (χ0) is 14.4. The predicted molar refractivity (Wildman–Crippen MR) is 71.9 cm³/mol. The van der Waals surface area contributed by atoms with Crippen LogP contribution < -0.4 is 11.5 Å². The van der Waals surface area contributed by atoms with E-state index in [1.807, 2.05) is 6.07 Å². The molecule has 0 spiro atoms. The molecule has 104 valence electrons. The lowest BCUT2D eigenvalue weighted by Gasteiger charge is -2.24. The molecule has 0 aliphatic rings. The second-order valence-corrected chi connectivity index (χ2v) is 4.24. The summed E-state index contributed by atoms with van der Waals surface area (Å²) in [5, 5.41) is 0. The van der Waals surface area contributed by atoms with Crippen LogP contribution in [0.5, 0.6) is 0 Å². The van der Waals surface area contributed by atoms with Crippen molar-refractivity contribution in [3.63, 3.8) is 0 Å². The summed E-state index contributed by atoms with van der Waals surface area (Å²) in [5.41, 5.74) is 12.3. The van der Waals surface area contributed by atoms with Gasteiger partial charge in [0.25, 0.3) is 5.91 Å². The Bertz CT molecular complexity index is 462. The molecule has 2 amide bonds. The van der Waals surface area contributed by atoms with E-state index in [2.05, 4.69) is 0 Å². The fourth-order valence-electron chi connectivity index (χ4n) is 1.64. The number of para-hydroxylation sites is 1. The Balaban J connectivity index is 2.89. The van der Waals surface area contributed by atoms with Crippen molar-refractivity contribution in [2.45, 2.75) is 19.6 Å². The average Bonchev–Trinajstić information content (AvgIpc) is 2.38. The minimum Gasteiger partial charge on any atom is -0.398 e. The molecule has 6 heteroatoms. The molecule has 19 heavy (non-hydrogen) atoms. The molecule has 0 saturated carbocycles. The Morgan fingerprint density at radius 2 is 2.00 bits per heavy atom. The third-order valence-electron chi connectivity index (χ3n) is 2.78. The molecule has 6 nitrogen and oxygen atoms in total. The summed E-state index contributed by atoms with van der Waals surface area (Å²) in [6, 6.07) is 7.16. The van der Waals surface area contributed by atoms with Crippen LogP contribution in [-0.2, 0) is 20.9 Å². The molecule has 1 atom stereocenters. The average molecular weight is 265 g/mol. The van der Waals surface area contributed by atoms with Crippen LogP contribution in [0.15, 0.2) is 24.3 Å². The van der Waals surface area contributed by atoms with Gasteiger partial charge in [-0.1, -0.05) is 18.2 Å². The molecule has 0 radical (unpaired) electrons. The monoisotopic (exact) mass is 265 g/mol. The van der Waals surface area contributed by atoms with Gasteiger partial charge in [-0.05, 0) is 18.6 Å². The van der Waals surface area contributed by atoms with Crippen LogP contribution in [-0.4, -0.2) is 36.5 Å². The summed E-state index contributed by atoms with van der Waals surface area (Å²) >= 11 is 0. The molecule has 0 fully saturated rings. The minimum absolute atomic E-state index is 0.166. The van der Waals surface area contributed by atoms with Gasteiger partial charge in [-0.2, -0.15) is 0 Å². The predicted octanol–water partition coefficient (Wildman–Crippen LogP) is 0.118. The number of methoxy groups -OCH3 is 1. The van der Waals surface area contributed by atoms with Crippen LogP contribution >= 0.6 is 0 Å². The van der Waals surface area contributed by atoms with Crippen molar-refractivity contribution in [1.29, 1.82) is 0 Å². The van der Waals surface area contributed by atoms with Crippen LogP contribution in [0.1, 0.15) is 12.5 Å². The van der Waals surface area contributed by atoms with Crippen LogP contribution in [0.25, 0.3) is 0 Å². The Morgan fingerprint density at radius 3 is 2.53 bits per heavy atom. The number of nitrogens with zero attached hydrogens (tertiary/aromatic N) is 1. The fourth-order valence-corrected chi connectivity index (χ4v) is 1.64. The molecule has 0 heterocycles. The van der Waals surface area contributed by atoms with Crippen molar-refractivity contribution < 1.29 is 14.3 Å². The summed E-state index contributed by atoms with van der Waals surface area (Å²) in [6.07, 6.45) is -0.635. The number of nitrogens with two attached hydrogens (primary N) is 2. The molecule has 0 aromatic heterocycles. The molecule has 0 aliphatic carbocycles. The van der Waals surface area contributed by atoms with E-state index in [0.717, 1.165) is 5.56 Å². The number of hydrogen-bond acceptors (Lipinski definition) is 4. The van der Waals surface area contributed by atoms with Gasteiger partial charge in [0.1, 0.15) is 6.10 Å². The number of carbonyl (C=O) groups is 2. The molecule has 4 N–H and O–H groups in total. The molecule has 1 aromatic rings. The molecule has 0 aliphatic heterocycles. The fraction of sp³-hybridized carbons (Fsp3) is 0.385. The molecule has 1 aromatic carbocycles. The van der Waals surface area contributed by atoms with E-state index >= 15 is 0 Å². The lowest BCUT2D eigenvalue weighted by atomic mass is 10.1. The highest BCUT2D eigenvalue weighted by molar-refractivity contribution is 5.86. The number of primary amides is 1. The number of carbonyl (C=O) groups excluding carboxylic acids is 2. The lowest BCUT2D eigenvalue weighted by molar-refractivity contribution is -0.144. The summed E-state index contributed by atoms with van der Waals surface area (Å²) in [5.74, 6) is -0.879. The normalized spacial score (nSPS) is 11.9. The van der Waals surface area contributed by atoms with E-state index in [1.165, 1.54) is 12.0 Å². The minimum atomic E-state index is -0.635. The van der Waals surface area contributed by atoms with Gasteiger partial charge >= 0.3 is 0 Å². The summed E-state index contributed by atoms with van der Waals surface area (Å²) in [4.78, 5) is 24.5. The van der Waals surface area contributed by atoms with E-state index in [9.17, 15) is 9.59 Å². The number of nitrogen functional groups attached to an aromatic ring is 1. The van der Waals surface area contributed by atoms with Gasteiger partial charge in [0.05, 0.1) is 6.54 Å². The van der Waals surface area contributed by atoms with Crippen LogP contribution in [0, 0.1) is 0 Å². The number of benzene rings is 1. The van der Waals surface area contributed by atoms with Crippen molar-refractivity contribution in [3.8, 4) is 0 Å². The first-order valence-corrected chi connectivity index (χ1v) is 5.89. The van der Waals surface area contributed by atoms with Crippen molar-refractivity contribution in [1.82, 2.24) is 4.90 Å². The van der Waals surface area contributed by atoms with Crippen LogP contribution in [0.3, 0.4) is 0 Å². The SMILES string of the molecule is COC(C)C(=O)N(CC(N)=O)Cc1ccccc1N. The van der Waals surface area contributed by atoms with Crippen molar-refractivity contribution >= 4 is 17.5 Å².